The van der Waals surface area contributed by atoms with Gasteiger partial charge in [0.25, 0.3) is 0 Å². The van der Waals surface area contributed by atoms with Crippen molar-refractivity contribution in [1.29, 1.82) is 0 Å². The van der Waals surface area contributed by atoms with Crippen LogP contribution in [0.3, 0.4) is 0 Å². The van der Waals surface area contributed by atoms with Crippen molar-refractivity contribution in [3.63, 3.8) is 0 Å². The second-order valence-corrected chi connectivity index (χ2v) is 25.0. The molecule has 90 heavy (non-hydrogen) atoms. The van der Waals surface area contributed by atoms with Gasteiger partial charge in [0.05, 0.1) is 9.40 Å². The third-order valence-corrected chi connectivity index (χ3v) is 19.7. The van der Waals surface area contributed by atoms with Gasteiger partial charge in [0.15, 0.2) is 0 Å². The molecule has 16 rings (SSSR count). The summed E-state index contributed by atoms with van der Waals surface area (Å²) in [6.45, 7) is 0. The lowest BCUT2D eigenvalue weighted by Crippen LogP contribution is -2.10. The summed E-state index contributed by atoms with van der Waals surface area (Å²) in [7, 11) is 0. The Balaban J connectivity index is 0.795. The first kappa shape index (κ1) is 54.3. The summed E-state index contributed by atoms with van der Waals surface area (Å²) in [5.41, 5.74) is 25.5. The van der Waals surface area contributed by atoms with Crippen LogP contribution in [0.25, 0.3) is 119 Å². The summed E-state index contributed by atoms with van der Waals surface area (Å²) in [6, 6.07) is 128. The monoisotopic (exact) mass is 1180 g/mol. The first-order chi connectivity index (χ1) is 44.6. The Morgan fingerprint density at radius 3 is 0.611 bits per heavy atom. The van der Waals surface area contributed by atoms with Crippen molar-refractivity contribution in [3.8, 4) is 89.0 Å². The van der Waals surface area contributed by atoms with Crippen LogP contribution in [0.4, 0.5) is 34.1 Å². The maximum Gasteiger partial charge on any atom is 0.0542 e. The average Bonchev–Trinajstić information content (AvgIpc) is 2.81. The van der Waals surface area contributed by atoms with Gasteiger partial charge in [-0.2, -0.15) is 0 Å². The van der Waals surface area contributed by atoms with Crippen molar-refractivity contribution in [2.45, 2.75) is 0 Å². The molecule has 0 spiro atoms. The van der Waals surface area contributed by atoms with Crippen molar-refractivity contribution in [2.24, 2.45) is 0 Å². The van der Waals surface area contributed by atoms with Gasteiger partial charge < -0.3 is 9.80 Å². The molecule has 14 aromatic carbocycles. The van der Waals surface area contributed by atoms with Crippen molar-refractivity contribution in [3.05, 3.63) is 352 Å². The van der Waals surface area contributed by atoms with Crippen LogP contribution in [0.1, 0.15) is 0 Å². The fraction of sp³-hybridized carbons (Fsp3) is 0. The van der Waals surface area contributed by atoms with Gasteiger partial charge in [0.1, 0.15) is 0 Å². The second kappa shape index (κ2) is 23.9. The largest absolute Gasteiger partial charge is 0.310 e. The van der Waals surface area contributed by atoms with Crippen LogP contribution in [0.15, 0.2) is 352 Å². The van der Waals surface area contributed by atoms with E-state index in [9.17, 15) is 0 Å². The first-order valence-corrected chi connectivity index (χ1v) is 32.2. The molecule has 2 aromatic heterocycles. The van der Waals surface area contributed by atoms with Gasteiger partial charge in [-0.15, -0.1) is 22.7 Å². The van der Waals surface area contributed by atoms with E-state index in [4.69, 9.17) is 0 Å². The van der Waals surface area contributed by atoms with Crippen LogP contribution in [0.5, 0.6) is 0 Å². The van der Waals surface area contributed by atoms with Gasteiger partial charge in [-0.25, -0.2) is 0 Å². The summed E-state index contributed by atoms with van der Waals surface area (Å²) in [5.74, 6) is 0. The molecule has 424 valence electrons. The molecular weight excluding hydrogens is 1130 g/mol. The highest BCUT2D eigenvalue weighted by Crippen LogP contribution is 2.49. The Kier molecular flexibility index (Phi) is 14.4. The molecule has 0 aliphatic heterocycles. The zero-order chi connectivity index (χ0) is 59.7. The zero-order valence-corrected chi connectivity index (χ0v) is 50.8. The van der Waals surface area contributed by atoms with Gasteiger partial charge in [0, 0.05) is 54.3 Å². The number of rotatable bonds is 14. The van der Waals surface area contributed by atoms with Crippen molar-refractivity contribution in [2.75, 3.05) is 9.80 Å². The van der Waals surface area contributed by atoms with E-state index in [2.05, 4.69) is 362 Å². The Hall–Kier alpha value is -11.1. The maximum absolute atomic E-state index is 2.44. The molecule has 0 saturated heterocycles. The van der Waals surface area contributed by atoms with Gasteiger partial charge in [-0.05, 0) is 186 Å². The van der Waals surface area contributed by atoms with Crippen LogP contribution in [-0.4, -0.2) is 0 Å². The maximum atomic E-state index is 2.44. The Bertz CT molecular complexity index is 4680. The minimum absolute atomic E-state index is 1.09. The molecule has 4 heteroatoms. The van der Waals surface area contributed by atoms with E-state index in [-0.39, 0.29) is 0 Å². The lowest BCUT2D eigenvalue weighted by atomic mass is 9.98. The molecule has 2 nitrogen and oxygen atoms in total. The van der Waals surface area contributed by atoms with E-state index in [0.29, 0.717) is 0 Å². The molecule has 0 bridgehead atoms. The van der Waals surface area contributed by atoms with Crippen LogP contribution >= 0.6 is 22.7 Å². The third kappa shape index (κ3) is 10.7. The number of hydrogen-bond acceptors (Lipinski definition) is 4. The standard InChI is InChI=1S/C86H58N2S2/c1-5-21-59(22-6-1)63-29-13-33-67(49-63)71-37-17-41-75(53-71)87(76-42-18-38-72(54-76)68-34-14-30-64(50-68)60-23-7-2-8-24-60)79-45-47-81-83(57-79)89-86-82-48-46-80(58-84(82)90-85(81)86)88(77-43-19-39-73(55-77)69-35-15-31-65(51-69)61-25-9-3-10-26-61)78-44-20-40-74(56-78)70-36-16-32-66(52-70)62-27-11-4-12-28-62/h1-58H. The SMILES string of the molecule is c1ccc(-c2cccc(-c3cccc(N(c4cccc(-c5cccc(-c6ccccc6)c5)c4)c4ccc5c(c4)sc4c6ccc(N(c7cccc(-c8cccc(-c9ccccc9)c8)c7)c7cccc(-c8cccc(-c9ccccc9)c8)c7)cc6sc54)c3)c2)cc1. The Morgan fingerprint density at radius 2 is 0.356 bits per heavy atom. The van der Waals surface area contributed by atoms with Gasteiger partial charge >= 0.3 is 0 Å². The minimum atomic E-state index is 1.09. The number of fused-ring (bicyclic) bond motifs is 5. The van der Waals surface area contributed by atoms with E-state index in [1.165, 1.54) is 96.3 Å². The average molecular weight is 1180 g/mol. The van der Waals surface area contributed by atoms with Crippen LogP contribution < -0.4 is 9.80 Å². The quantitative estimate of drug-likeness (QED) is 0.107. The number of benzene rings is 14. The van der Waals surface area contributed by atoms with Crippen molar-refractivity contribution < 1.29 is 0 Å². The molecule has 0 amide bonds. The Labute approximate surface area is 533 Å². The van der Waals surface area contributed by atoms with E-state index in [0.717, 1.165) is 56.4 Å². The molecule has 2 heterocycles. The molecular formula is C86H58N2S2. The topological polar surface area (TPSA) is 6.48 Å². The molecule has 0 saturated carbocycles. The number of anilines is 6. The van der Waals surface area contributed by atoms with E-state index in [1.807, 2.05) is 22.7 Å². The minimum Gasteiger partial charge on any atom is -0.310 e. The highest BCUT2D eigenvalue weighted by molar-refractivity contribution is 7.36. The van der Waals surface area contributed by atoms with Crippen LogP contribution in [0, 0.1) is 0 Å². The first-order valence-electron chi connectivity index (χ1n) is 30.6. The molecule has 0 fully saturated rings. The highest BCUT2D eigenvalue weighted by atomic mass is 32.1. The fourth-order valence-electron chi connectivity index (χ4n) is 12.7. The van der Waals surface area contributed by atoms with E-state index in [1.54, 1.807) is 0 Å². The molecule has 0 unspecified atom stereocenters. The molecule has 16 aromatic rings. The number of nitrogens with zero attached hydrogens (tertiary/aromatic N) is 2. The van der Waals surface area contributed by atoms with E-state index >= 15 is 0 Å². The normalized spacial score (nSPS) is 11.3. The second-order valence-electron chi connectivity index (χ2n) is 22.9. The molecule has 0 aliphatic carbocycles. The van der Waals surface area contributed by atoms with Gasteiger partial charge in [0.2, 0.25) is 0 Å². The Morgan fingerprint density at radius 1 is 0.156 bits per heavy atom. The lowest BCUT2D eigenvalue weighted by Gasteiger charge is -2.27. The molecule has 0 N–H and O–H groups in total. The van der Waals surface area contributed by atoms with E-state index < -0.39 is 0 Å². The molecule has 0 radical (unpaired) electrons. The van der Waals surface area contributed by atoms with Crippen molar-refractivity contribution >= 4 is 86.4 Å². The third-order valence-electron chi connectivity index (χ3n) is 17.2. The summed E-state index contributed by atoms with van der Waals surface area (Å²) < 4.78 is 5.14. The molecule has 0 aliphatic rings. The summed E-state index contributed by atoms with van der Waals surface area (Å²) in [5, 5.41) is 2.54. The predicted molar refractivity (Wildman–Crippen MR) is 388 cm³/mol. The number of thiophene rings is 2. The van der Waals surface area contributed by atoms with Crippen molar-refractivity contribution in [1.82, 2.24) is 0 Å². The highest BCUT2D eigenvalue weighted by Gasteiger charge is 2.21. The summed E-state index contributed by atoms with van der Waals surface area (Å²) in [4.78, 5) is 4.87. The van der Waals surface area contributed by atoms with Crippen LogP contribution in [0.2, 0.25) is 0 Å². The fourth-order valence-corrected chi connectivity index (χ4v) is 15.5. The lowest BCUT2D eigenvalue weighted by molar-refractivity contribution is 1.29. The zero-order valence-electron chi connectivity index (χ0n) is 49.2. The predicted octanol–water partition coefficient (Wildman–Crippen LogP) is 25.5. The van der Waals surface area contributed by atoms with Gasteiger partial charge in [-0.1, -0.05) is 255 Å². The molecule has 0 atom stereocenters. The van der Waals surface area contributed by atoms with Crippen LogP contribution in [-0.2, 0) is 0 Å². The summed E-state index contributed by atoms with van der Waals surface area (Å²) in [6.07, 6.45) is 0. The smallest absolute Gasteiger partial charge is 0.0542 e. The number of hydrogen-bond donors (Lipinski definition) is 0. The summed E-state index contributed by atoms with van der Waals surface area (Å²) >= 11 is 3.79. The van der Waals surface area contributed by atoms with Gasteiger partial charge in [-0.3, -0.25) is 0 Å².